The van der Waals surface area contributed by atoms with Gasteiger partial charge >= 0.3 is 5.97 Å². The number of aliphatic hydroxyl groups excluding tert-OH is 1. The summed E-state index contributed by atoms with van der Waals surface area (Å²) >= 11 is 0. The molecule has 5 N–H and O–H groups in total. The fourth-order valence-corrected chi connectivity index (χ4v) is 2.18. The maximum Gasteiger partial charge on any atom is 0.320 e. The van der Waals surface area contributed by atoms with Crippen LogP contribution in [0.2, 0.25) is 0 Å². The number of nitrogens with one attached hydrogen (secondary N) is 1. The molecule has 21 heavy (non-hydrogen) atoms. The fourth-order valence-electron chi connectivity index (χ4n) is 2.18. The normalized spacial score (nSPS) is 15.7. The van der Waals surface area contributed by atoms with E-state index in [-0.39, 0.29) is 12.5 Å². The molecule has 0 amide bonds. The van der Waals surface area contributed by atoms with E-state index in [2.05, 4.69) is 5.32 Å². The number of hydrogen-bond acceptors (Lipinski definition) is 4. The average Bonchev–Trinajstić information content (AvgIpc) is 2.43. The van der Waals surface area contributed by atoms with Gasteiger partial charge in [0, 0.05) is 12.6 Å². The van der Waals surface area contributed by atoms with Gasteiger partial charge in [0.1, 0.15) is 6.04 Å². The monoisotopic (exact) mass is 294 g/mol. The minimum Gasteiger partial charge on any atom is -0.480 e. The molecule has 118 valence electrons. The third-order valence-corrected chi connectivity index (χ3v) is 3.39. The van der Waals surface area contributed by atoms with Gasteiger partial charge in [0.25, 0.3) is 0 Å². The van der Waals surface area contributed by atoms with Crippen molar-refractivity contribution in [3.63, 3.8) is 0 Å². The minimum absolute atomic E-state index is 0.178. The summed E-state index contributed by atoms with van der Waals surface area (Å²) in [6, 6.07) is 8.62. The molecule has 0 spiro atoms. The van der Waals surface area contributed by atoms with Gasteiger partial charge in [-0.15, -0.1) is 0 Å². The van der Waals surface area contributed by atoms with Crippen molar-refractivity contribution in [2.75, 3.05) is 6.54 Å². The van der Waals surface area contributed by atoms with Gasteiger partial charge in [-0.3, -0.25) is 4.79 Å². The van der Waals surface area contributed by atoms with E-state index in [1.807, 2.05) is 44.2 Å². The molecule has 0 aliphatic carbocycles. The number of carboxylic acid groups (broad SMARTS) is 1. The van der Waals surface area contributed by atoms with Crippen LogP contribution in [0.15, 0.2) is 30.3 Å². The van der Waals surface area contributed by atoms with E-state index in [0.29, 0.717) is 12.8 Å². The van der Waals surface area contributed by atoms with Crippen molar-refractivity contribution in [1.82, 2.24) is 5.32 Å². The highest BCUT2D eigenvalue weighted by atomic mass is 16.4. The zero-order valence-corrected chi connectivity index (χ0v) is 12.7. The Morgan fingerprint density at radius 2 is 1.90 bits per heavy atom. The number of aliphatic hydroxyl groups is 1. The van der Waals surface area contributed by atoms with Crippen LogP contribution in [0.3, 0.4) is 0 Å². The first-order valence-corrected chi connectivity index (χ1v) is 7.34. The Kier molecular flexibility index (Phi) is 7.36. The van der Waals surface area contributed by atoms with E-state index >= 15 is 0 Å². The zero-order chi connectivity index (χ0) is 15.8. The van der Waals surface area contributed by atoms with Crippen molar-refractivity contribution < 1.29 is 15.0 Å². The zero-order valence-electron chi connectivity index (χ0n) is 12.7. The Balaban J connectivity index is 2.44. The molecule has 1 aromatic carbocycles. The quantitative estimate of drug-likeness (QED) is 0.545. The summed E-state index contributed by atoms with van der Waals surface area (Å²) in [5.41, 5.74) is 7.03. The molecule has 5 heteroatoms. The summed E-state index contributed by atoms with van der Waals surface area (Å²) < 4.78 is 0. The SMILES string of the molecule is CC(C)C[C@H](NC[C@H](O)[C@H](N)Cc1ccccc1)C(=O)O. The van der Waals surface area contributed by atoms with Gasteiger partial charge in [-0.05, 0) is 24.3 Å². The Morgan fingerprint density at radius 3 is 2.43 bits per heavy atom. The first kappa shape index (κ1) is 17.6. The summed E-state index contributed by atoms with van der Waals surface area (Å²) in [5, 5.41) is 22.1. The summed E-state index contributed by atoms with van der Waals surface area (Å²) in [4.78, 5) is 11.1. The van der Waals surface area contributed by atoms with Crippen molar-refractivity contribution in [3.8, 4) is 0 Å². The number of benzene rings is 1. The molecule has 0 heterocycles. The predicted molar refractivity (Wildman–Crippen MR) is 83.0 cm³/mol. The van der Waals surface area contributed by atoms with E-state index in [9.17, 15) is 9.90 Å². The van der Waals surface area contributed by atoms with Crippen LogP contribution in [-0.4, -0.2) is 40.9 Å². The van der Waals surface area contributed by atoms with Crippen molar-refractivity contribution >= 4 is 5.97 Å². The van der Waals surface area contributed by atoms with Crippen LogP contribution in [-0.2, 0) is 11.2 Å². The molecule has 1 aromatic rings. The van der Waals surface area contributed by atoms with Crippen LogP contribution >= 0.6 is 0 Å². The van der Waals surface area contributed by atoms with Crippen LogP contribution < -0.4 is 11.1 Å². The lowest BCUT2D eigenvalue weighted by Gasteiger charge is -2.22. The van der Waals surface area contributed by atoms with E-state index in [0.717, 1.165) is 5.56 Å². The molecule has 0 aliphatic rings. The number of carbonyl (C=O) groups is 1. The summed E-state index contributed by atoms with van der Waals surface area (Å²) in [5.74, 6) is -0.624. The highest BCUT2D eigenvalue weighted by molar-refractivity contribution is 5.73. The van der Waals surface area contributed by atoms with Crippen LogP contribution in [0.25, 0.3) is 0 Å². The number of hydrogen-bond donors (Lipinski definition) is 4. The largest absolute Gasteiger partial charge is 0.480 e. The summed E-state index contributed by atoms with van der Waals surface area (Å²) in [6.07, 6.45) is 0.306. The van der Waals surface area contributed by atoms with E-state index in [1.165, 1.54) is 0 Å². The maximum atomic E-state index is 11.1. The Morgan fingerprint density at radius 1 is 1.29 bits per heavy atom. The highest BCUT2D eigenvalue weighted by Gasteiger charge is 2.21. The van der Waals surface area contributed by atoms with Crippen molar-refractivity contribution in [2.24, 2.45) is 11.7 Å². The van der Waals surface area contributed by atoms with Crippen molar-refractivity contribution in [1.29, 1.82) is 0 Å². The summed E-state index contributed by atoms with van der Waals surface area (Å²) in [7, 11) is 0. The van der Waals surface area contributed by atoms with Gasteiger partial charge in [-0.2, -0.15) is 0 Å². The average molecular weight is 294 g/mol. The van der Waals surface area contributed by atoms with E-state index < -0.39 is 24.2 Å². The number of carboxylic acids is 1. The van der Waals surface area contributed by atoms with Gasteiger partial charge in [-0.25, -0.2) is 0 Å². The van der Waals surface area contributed by atoms with Crippen molar-refractivity contribution in [3.05, 3.63) is 35.9 Å². The smallest absolute Gasteiger partial charge is 0.320 e. The molecule has 0 aliphatic heterocycles. The Hall–Kier alpha value is -1.43. The molecule has 5 nitrogen and oxygen atoms in total. The predicted octanol–water partition coefficient (Wildman–Crippen LogP) is 1.01. The number of rotatable bonds is 9. The second-order valence-corrected chi connectivity index (χ2v) is 5.85. The molecule has 0 bridgehead atoms. The molecule has 0 fully saturated rings. The van der Waals surface area contributed by atoms with Gasteiger partial charge in [0.05, 0.1) is 6.10 Å². The lowest BCUT2D eigenvalue weighted by atomic mass is 10.0. The number of nitrogens with two attached hydrogens (primary N) is 1. The molecule has 3 atom stereocenters. The molecule has 1 rings (SSSR count). The van der Waals surface area contributed by atoms with Crippen LogP contribution in [0, 0.1) is 5.92 Å². The molecule has 0 saturated carbocycles. The third-order valence-electron chi connectivity index (χ3n) is 3.39. The second kappa shape index (κ2) is 8.77. The molecular weight excluding hydrogens is 268 g/mol. The van der Waals surface area contributed by atoms with E-state index in [1.54, 1.807) is 0 Å². The van der Waals surface area contributed by atoms with Crippen LogP contribution in [0.4, 0.5) is 0 Å². The summed E-state index contributed by atoms with van der Waals surface area (Å²) in [6.45, 7) is 4.11. The fraction of sp³-hybridized carbons (Fsp3) is 0.562. The minimum atomic E-state index is -0.896. The maximum absolute atomic E-state index is 11.1. The van der Waals surface area contributed by atoms with Gasteiger partial charge in [-0.1, -0.05) is 44.2 Å². The van der Waals surface area contributed by atoms with E-state index in [4.69, 9.17) is 10.8 Å². The molecule has 0 unspecified atom stereocenters. The Labute approximate surface area is 126 Å². The van der Waals surface area contributed by atoms with Crippen LogP contribution in [0.1, 0.15) is 25.8 Å². The number of aliphatic carboxylic acids is 1. The second-order valence-electron chi connectivity index (χ2n) is 5.85. The van der Waals surface area contributed by atoms with Crippen molar-refractivity contribution in [2.45, 2.75) is 44.9 Å². The first-order valence-electron chi connectivity index (χ1n) is 7.34. The van der Waals surface area contributed by atoms with Gasteiger partial charge < -0.3 is 21.3 Å². The van der Waals surface area contributed by atoms with Gasteiger partial charge in [0.2, 0.25) is 0 Å². The van der Waals surface area contributed by atoms with Gasteiger partial charge in [0.15, 0.2) is 0 Å². The highest BCUT2D eigenvalue weighted by Crippen LogP contribution is 2.07. The topological polar surface area (TPSA) is 95.6 Å². The lowest BCUT2D eigenvalue weighted by molar-refractivity contribution is -0.140. The standard InChI is InChI=1S/C16H26N2O3/c1-11(2)8-14(16(20)21)18-10-15(19)13(17)9-12-6-4-3-5-7-12/h3-7,11,13-15,18-19H,8-10,17H2,1-2H3,(H,20,21)/t13-,14+,15+/m1/s1. The molecule has 0 radical (unpaired) electrons. The molecule has 0 saturated heterocycles. The molecule has 0 aromatic heterocycles. The third kappa shape index (κ3) is 6.71. The van der Waals surface area contributed by atoms with Crippen LogP contribution in [0.5, 0.6) is 0 Å². The lowest BCUT2D eigenvalue weighted by Crippen LogP contribution is -2.48. The first-order chi connectivity index (χ1) is 9.90. The molecular formula is C16H26N2O3. The Bertz CT molecular complexity index is 423.